The molecule has 0 radical (unpaired) electrons. The number of aromatic nitrogens is 2. The van der Waals surface area contributed by atoms with Crippen molar-refractivity contribution in [2.75, 3.05) is 25.6 Å². The first-order valence-corrected chi connectivity index (χ1v) is 6.16. The van der Waals surface area contributed by atoms with Gasteiger partial charge >= 0.3 is 0 Å². The highest BCUT2D eigenvalue weighted by atomic mass is 16.5. The minimum atomic E-state index is 0.675. The van der Waals surface area contributed by atoms with Gasteiger partial charge in [-0.3, -0.25) is 5.10 Å². The van der Waals surface area contributed by atoms with Crippen LogP contribution >= 0.6 is 0 Å². The molecular weight excluding hydrogens is 202 g/mol. The van der Waals surface area contributed by atoms with Crippen molar-refractivity contribution in [3.8, 4) is 0 Å². The van der Waals surface area contributed by atoms with E-state index in [-0.39, 0.29) is 0 Å². The summed E-state index contributed by atoms with van der Waals surface area (Å²) < 4.78 is 5.03. The first-order chi connectivity index (χ1) is 7.86. The number of H-pyrrole nitrogens is 1. The quantitative estimate of drug-likeness (QED) is 0.753. The predicted octanol–water partition coefficient (Wildman–Crippen LogP) is 2.30. The first kappa shape index (κ1) is 11.5. The number of ether oxygens (including phenoxy) is 1. The van der Waals surface area contributed by atoms with Crippen molar-refractivity contribution in [1.29, 1.82) is 0 Å². The Labute approximate surface area is 96.8 Å². The van der Waals surface area contributed by atoms with E-state index in [1.54, 1.807) is 7.11 Å². The van der Waals surface area contributed by atoms with Crippen LogP contribution in [0.4, 0.5) is 5.82 Å². The lowest BCUT2D eigenvalue weighted by Crippen LogP contribution is -2.12. The molecule has 0 bridgehead atoms. The molecule has 4 nitrogen and oxygen atoms in total. The van der Waals surface area contributed by atoms with Gasteiger partial charge in [0.15, 0.2) is 5.82 Å². The maximum Gasteiger partial charge on any atom is 0.151 e. The minimum Gasteiger partial charge on any atom is -0.383 e. The van der Waals surface area contributed by atoms with E-state index in [1.807, 2.05) is 0 Å². The van der Waals surface area contributed by atoms with E-state index in [2.05, 4.69) is 22.4 Å². The maximum absolute atomic E-state index is 5.03. The Bertz CT molecular complexity index is 335. The van der Waals surface area contributed by atoms with E-state index < -0.39 is 0 Å². The van der Waals surface area contributed by atoms with Gasteiger partial charge in [-0.15, -0.1) is 0 Å². The van der Waals surface area contributed by atoms with Crippen molar-refractivity contribution in [2.45, 2.75) is 38.5 Å². The van der Waals surface area contributed by atoms with Gasteiger partial charge in [0.1, 0.15) is 0 Å². The Morgan fingerprint density at radius 2 is 2.44 bits per heavy atom. The van der Waals surface area contributed by atoms with Crippen molar-refractivity contribution < 1.29 is 4.74 Å². The Balaban J connectivity index is 2.07. The topological polar surface area (TPSA) is 49.9 Å². The monoisotopic (exact) mass is 223 g/mol. The van der Waals surface area contributed by atoms with E-state index in [1.165, 1.54) is 30.5 Å². The van der Waals surface area contributed by atoms with Crippen LogP contribution in [-0.4, -0.2) is 30.5 Å². The molecule has 1 unspecified atom stereocenters. The molecule has 0 saturated heterocycles. The Hall–Kier alpha value is -1.03. The zero-order valence-electron chi connectivity index (χ0n) is 10.2. The van der Waals surface area contributed by atoms with E-state index >= 15 is 0 Å². The van der Waals surface area contributed by atoms with Crippen LogP contribution < -0.4 is 5.32 Å². The number of aromatic amines is 1. The van der Waals surface area contributed by atoms with Crippen molar-refractivity contribution in [1.82, 2.24) is 10.2 Å². The van der Waals surface area contributed by atoms with Crippen LogP contribution in [0.15, 0.2) is 0 Å². The number of hydrogen-bond acceptors (Lipinski definition) is 3. The van der Waals surface area contributed by atoms with Gasteiger partial charge in [0.05, 0.1) is 6.61 Å². The van der Waals surface area contributed by atoms with Crippen molar-refractivity contribution in [2.24, 2.45) is 0 Å². The number of hydrogen-bond donors (Lipinski definition) is 2. The van der Waals surface area contributed by atoms with E-state index in [4.69, 9.17) is 4.74 Å². The second-order valence-corrected chi connectivity index (χ2v) is 4.38. The molecule has 0 saturated carbocycles. The molecule has 1 aliphatic carbocycles. The zero-order chi connectivity index (χ0) is 11.4. The Kier molecular flexibility index (Phi) is 3.83. The van der Waals surface area contributed by atoms with Crippen LogP contribution in [0.5, 0.6) is 0 Å². The van der Waals surface area contributed by atoms with Gasteiger partial charge < -0.3 is 10.1 Å². The lowest BCUT2D eigenvalue weighted by atomic mass is 9.86. The maximum atomic E-state index is 5.03. The molecule has 1 atom stereocenters. The SMILES string of the molecule is CCC1CCCc2c(NCCOC)n[nH]c21. The molecule has 0 fully saturated rings. The van der Waals surface area contributed by atoms with Crippen molar-refractivity contribution >= 4 is 5.82 Å². The number of nitrogens with zero attached hydrogens (tertiary/aromatic N) is 1. The van der Waals surface area contributed by atoms with E-state index in [9.17, 15) is 0 Å². The van der Waals surface area contributed by atoms with Gasteiger partial charge in [-0.25, -0.2) is 0 Å². The Morgan fingerprint density at radius 3 is 3.19 bits per heavy atom. The van der Waals surface area contributed by atoms with Gasteiger partial charge in [0.25, 0.3) is 0 Å². The summed E-state index contributed by atoms with van der Waals surface area (Å²) in [6.45, 7) is 3.79. The summed E-state index contributed by atoms with van der Waals surface area (Å²) in [5, 5.41) is 10.9. The first-order valence-electron chi connectivity index (χ1n) is 6.16. The molecule has 2 N–H and O–H groups in total. The number of fused-ring (bicyclic) bond motifs is 1. The zero-order valence-corrected chi connectivity index (χ0v) is 10.2. The molecule has 16 heavy (non-hydrogen) atoms. The van der Waals surface area contributed by atoms with Gasteiger partial charge in [0.2, 0.25) is 0 Å². The third kappa shape index (κ3) is 2.21. The minimum absolute atomic E-state index is 0.675. The highest BCUT2D eigenvalue weighted by molar-refractivity contribution is 5.48. The van der Waals surface area contributed by atoms with Gasteiger partial charge in [0, 0.05) is 30.8 Å². The number of nitrogens with one attached hydrogen (secondary N) is 2. The average molecular weight is 223 g/mol. The van der Waals surface area contributed by atoms with Crippen LogP contribution in [0, 0.1) is 0 Å². The fourth-order valence-electron chi connectivity index (χ4n) is 2.46. The number of rotatable bonds is 5. The molecule has 90 valence electrons. The molecule has 0 aliphatic heterocycles. The van der Waals surface area contributed by atoms with Crippen molar-refractivity contribution in [3.63, 3.8) is 0 Å². The second-order valence-electron chi connectivity index (χ2n) is 4.38. The summed E-state index contributed by atoms with van der Waals surface area (Å²) in [7, 11) is 1.72. The molecule has 1 aromatic heterocycles. The largest absolute Gasteiger partial charge is 0.383 e. The summed E-state index contributed by atoms with van der Waals surface area (Å²) in [6, 6.07) is 0. The van der Waals surface area contributed by atoms with E-state index in [0.29, 0.717) is 5.92 Å². The Morgan fingerprint density at radius 1 is 1.56 bits per heavy atom. The highest BCUT2D eigenvalue weighted by Gasteiger charge is 2.23. The molecular formula is C12H21N3O. The van der Waals surface area contributed by atoms with Crippen molar-refractivity contribution in [3.05, 3.63) is 11.3 Å². The lowest BCUT2D eigenvalue weighted by molar-refractivity contribution is 0.210. The lowest BCUT2D eigenvalue weighted by Gasteiger charge is -2.20. The standard InChI is InChI=1S/C12H21N3O/c1-3-9-5-4-6-10-11(9)14-15-12(10)13-7-8-16-2/h9H,3-8H2,1-2H3,(H2,13,14,15). The smallest absolute Gasteiger partial charge is 0.151 e. The fourth-order valence-corrected chi connectivity index (χ4v) is 2.46. The number of anilines is 1. The molecule has 4 heteroatoms. The third-order valence-corrected chi connectivity index (χ3v) is 3.38. The molecule has 1 aromatic rings. The van der Waals surface area contributed by atoms with Crippen LogP contribution in [0.3, 0.4) is 0 Å². The summed E-state index contributed by atoms with van der Waals surface area (Å²) in [4.78, 5) is 0. The van der Waals surface area contributed by atoms with Crippen LogP contribution in [0.1, 0.15) is 43.4 Å². The summed E-state index contributed by atoms with van der Waals surface area (Å²) >= 11 is 0. The normalized spacial score (nSPS) is 19.5. The molecule has 2 rings (SSSR count). The molecule has 1 heterocycles. The molecule has 0 spiro atoms. The summed E-state index contributed by atoms with van der Waals surface area (Å²) in [5.41, 5.74) is 2.75. The summed E-state index contributed by atoms with van der Waals surface area (Å²) in [6.07, 6.45) is 4.93. The molecule has 1 aliphatic rings. The van der Waals surface area contributed by atoms with Gasteiger partial charge in [-0.05, 0) is 25.7 Å². The second kappa shape index (κ2) is 5.34. The van der Waals surface area contributed by atoms with Crippen LogP contribution in [0.2, 0.25) is 0 Å². The molecule has 0 amide bonds. The predicted molar refractivity (Wildman–Crippen MR) is 64.9 cm³/mol. The van der Waals surface area contributed by atoms with Crippen LogP contribution in [0.25, 0.3) is 0 Å². The highest BCUT2D eigenvalue weighted by Crippen LogP contribution is 2.35. The number of methoxy groups -OCH3 is 1. The van der Waals surface area contributed by atoms with E-state index in [0.717, 1.165) is 25.4 Å². The molecule has 0 aromatic carbocycles. The van der Waals surface area contributed by atoms with Gasteiger partial charge in [-0.1, -0.05) is 6.92 Å². The van der Waals surface area contributed by atoms with Gasteiger partial charge in [-0.2, -0.15) is 5.10 Å². The summed E-state index contributed by atoms with van der Waals surface area (Å²) in [5.74, 6) is 1.71. The average Bonchev–Trinajstić information content (AvgIpc) is 2.73. The third-order valence-electron chi connectivity index (χ3n) is 3.38. The van der Waals surface area contributed by atoms with Crippen LogP contribution in [-0.2, 0) is 11.2 Å². The fraction of sp³-hybridized carbons (Fsp3) is 0.750.